The second kappa shape index (κ2) is 6.43. The van der Waals surface area contributed by atoms with Crippen LogP contribution in [-0.2, 0) is 10.2 Å². The fourth-order valence-electron chi connectivity index (χ4n) is 2.49. The summed E-state index contributed by atoms with van der Waals surface area (Å²) in [6.45, 7) is 1.99. The normalized spacial score (nSPS) is 20.6. The van der Waals surface area contributed by atoms with Gasteiger partial charge in [0.05, 0.1) is 5.69 Å². The number of nitrogens with two attached hydrogens (primary N) is 1. The Balaban J connectivity index is 1.94. The van der Waals surface area contributed by atoms with E-state index >= 15 is 0 Å². The second-order valence-corrected chi connectivity index (χ2v) is 6.53. The number of piperidine rings is 1. The lowest BCUT2D eigenvalue weighted by Gasteiger charge is -2.32. The highest BCUT2D eigenvalue weighted by atomic mass is 32.2. The van der Waals surface area contributed by atoms with Crippen LogP contribution >= 0.6 is 0 Å². The first-order valence-electron chi connectivity index (χ1n) is 6.79. The van der Waals surface area contributed by atoms with Gasteiger partial charge in [0, 0.05) is 18.3 Å². The average Bonchev–Trinajstić information content (AvgIpc) is 2.36. The summed E-state index contributed by atoms with van der Waals surface area (Å²) in [5, 5.41) is 8.31. The van der Waals surface area contributed by atoms with Gasteiger partial charge in [-0.15, -0.1) is 0 Å². The van der Waals surface area contributed by atoms with Crippen LogP contribution in [0.15, 0.2) is 24.3 Å². The van der Waals surface area contributed by atoms with Crippen molar-refractivity contribution >= 4 is 21.6 Å². The Bertz CT molecular complexity index is 547. The number of anilines is 2. The first kappa shape index (κ1) is 15.1. The maximum absolute atomic E-state index is 11.0. The number of likely N-dealkylation sites (tertiary alicyclic amines) is 1. The van der Waals surface area contributed by atoms with E-state index in [1.807, 2.05) is 6.07 Å². The molecular formula is C13H22N4O2S. The third kappa shape index (κ3) is 4.66. The van der Waals surface area contributed by atoms with Crippen molar-refractivity contribution in [2.75, 3.05) is 30.2 Å². The predicted octanol–water partition coefficient (Wildman–Crippen LogP) is 1.20. The maximum Gasteiger partial charge on any atom is 0.296 e. The van der Waals surface area contributed by atoms with Crippen LogP contribution in [0.4, 0.5) is 11.4 Å². The van der Waals surface area contributed by atoms with E-state index in [1.165, 1.54) is 19.3 Å². The van der Waals surface area contributed by atoms with Gasteiger partial charge >= 0.3 is 0 Å². The van der Waals surface area contributed by atoms with Crippen LogP contribution in [0.5, 0.6) is 0 Å². The Morgan fingerprint density at radius 3 is 2.80 bits per heavy atom. The standard InChI is InChI=1S/C13H22N4O2S/c1-17-8-3-2-7-13(17)10-15-11-5-4-6-12(9-11)16-20(14,18)19/h4-6,9,13,15-16H,2-3,7-8,10H2,1H3,(H2,14,18,19). The lowest BCUT2D eigenvalue weighted by atomic mass is 10.0. The van der Waals surface area contributed by atoms with Crippen LogP contribution in [0, 0.1) is 0 Å². The minimum atomic E-state index is -3.72. The Labute approximate surface area is 120 Å². The molecule has 1 fully saturated rings. The van der Waals surface area contributed by atoms with Crippen LogP contribution < -0.4 is 15.2 Å². The second-order valence-electron chi connectivity index (χ2n) is 5.24. The van der Waals surface area contributed by atoms with Crippen molar-refractivity contribution in [3.8, 4) is 0 Å². The van der Waals surface area contributed by atoms with Gasteiger partial charge < -0.3 is 10.2 Å². The third-order valence-electron chi connectivity index (χ3n) is 3.59. The van der Waals surface area contributed by atoms with Crippen molar-refractivity contribution in [1.82, 2.24) is 4.90 Å². The van der Waals surface area contributed by atoms with Crippen LogP contribution in [0.2, 0.25) is 0 Å². The zero-order valence-corrected chi connectivity index (χ0v) is 12.5. The van der Waals surface area contributed by atoms with Gasteiger partial charge in [0.2, 0.25) is 0 Å². The lowest BCUT2D eigenvalue weighted by molar-refractivity contribution is 0.194. The van der Waals surface area contributed by atoms with Gasteiger partial charge in [-0.1, -0.05) is 12.5 Å². The average molecular weight is 298 g/mol. The molecule has 0 aromatic heterocycles. The minimum Gasteiger partial charge on any atom is -0.383 e. The molecular weight excluding hydrogens is 276 g/mol. The van der Waals surface area contributed by atoms with Crippen molar-refractivity contribution in [3.63, 3.8) is 0 Å². The summed E-state index contributed by atoms with van der Waals surface area (Å²) in [4.78, 5) is 2.36. The first-order valence-corrected chi connectivity index (χ1v) is 8.33. The van der Waals surface area contributed by atoms with Gasteiger partial charge in [-0.25, -0.2) is 5.14 Å². The van der Waals surface area contributed by atoms with Gasteiger partial charge in [-0.2, -0.15) is 8.42 Å². The highest BCUT2D eigenvalue weighted by Gasteiger charge is 2.18. The summed E-state index contributed by atoms with van der Waals surface area (Å²) in [5.74, 6) is 0. The van der Waals surface area contributed by atoms with E-state index in [0.717, 1.165) is 18.8 Å². The first-order chi connectivity index (χ1) is 9.44. The molecule has 1 aliphatic rings. The summed E-state index contributed by atoms with van der Waals surface area (Å²) in [5.41, 5.74) is 1.35. The largest absolute Gasteiger partial charge is 0.383 e. The van der Waals surface area contributed by atoms with Gasteiger partial charge in [0.25, 0.3) is 10.2 Å². The summed E-state index contributed by atoms with van der Waals surface area (Å²) >= 11 is 0. The molecule has 1 heterocycles. The smallest absolute Gasteiger partial charge is 0.296 e. The molecule has 0 saturated carbocycles. The van der Waals surface area contributed by atoms with E-state index < -0.39 is 10.2 Å². The van der Waals surface area contributed by atoms with E-state index in [4.69, 9.17) is 5.14 Å². The van der Waals surface area contributed by atoms with Crippen molar-refractivity contribution in [1.29, 1.82) is 0 Å². The number of hydrogen-bond donors (Lipinski definition) is 3. The number of hydrogen-bond acceptors (Lipinski definition) is 4. The van der Waals surface area contributed by atoms with E-state index in [-0.39, 0.29) is 0 Å². The molecule has 1 aliphatic heterocycles. The fraction of sp³-hybridized carbons (Fsp3) is 0.538. The minimum absolute atomic E-state index is 0.467. The molecule has 0 amide bonds. The van der Waals surface area contributed by atoms with E-state index in [1.54, 1.807) is 18.2 Å². The molecule has 7 heteroatoms. The van der Waals surface area contributed by atoms with Crippen molar-refractivity contribution < 1.29 is 8.42 Å². The van der Waals surface area contributed by atoms with Gasteiger partial charge in [-0.05, 0) is 44.6 Å². The predicted molar refractivity (Wildman–Crippen MR) is 81.9 cm³/mol. The SMILES string of the molecule is CN1CCCCC1CNc1cccc(NS(N)(=O)=O)c1. The topological polar surface area (TPSA) is 87.5 Å². The monoisotopic (exact) mass is 298 g/mol. The Kier molecular flexibility index (Phi) is 4.85. The van der Waals surface area contributed by atoms with E-state index in [2.05, 4.69) is 22.0 Å². The zero-order chi connectivity index (χ0) is 14.6. The van der Waals surface area contributed by atoms with Gasteiger partial charge in [0.15, 0.2) is 0 Å². The van der Waals surface area contributed by atoms with Crippen LogP contribution in [0.1, 0.15) is 19.3 Å². The molecule has 1 unspecified atom stereocenters. The van der Waals surface area contributed by atoms with Crippen molar-refractivity contribution in [3.05, 3.63) is 24.3 Å². The quantitative estimate of drug-likeness (QED) is 0.762. The fourth-order valence-corrected chi connectivity index (χ4v) is 2.95. The van der Waals surface area contributed by atoms with E-state index in [0.29, 0.717) is 11.7 Å². The molecule has 1 saturated heterocycles. The molecule has 112 valence electrons. The van der Waals surface area contributed by atoms with Crippen LogP contribution in [-0.4, -0.2) is 39.5 Å². The molecule has 6 nitrogen and oxygen atoms in total. The number of likely N-dealkylation sites (N-methyl/N-ethyl adjacent to an activating group) is 1. The molecule has 1 atom stereocenters. The van der Waals surface area contributed by atoms with Crippen molar-refractivity contribution in [2.24, 2.45) is 5.14 Å². The number of nitrogens with one attached hydrogen (secondary N) is 2. The number of benzene rings is 1. The molecule has 4 N–H and O–H groups in total. The molecule has 0 radical (unpaired) electrons. The number of nitrogens with zero attached hydrogens (tertiary/aromatic N) is 1. The highest BCUT2D eigenvalue weighted by Crippen LogP contribution is 2.18. The number of rotatable bonds is 5. The molecule has 20 heavy (non-hydrogen) atoms. The van der Waals surface area contributed by atoms with Crippen LogP contribution in [0.3, 0.4) is 0 Å². The van der Waals surface area contributed by atoms with Gasteiger partial charge in [0.1, 0.15) is 0 Å². The maximum atomic E-state index is 11.0. The molecule has 1 aromatic rings. The summed E-state index contributed by atoms with van der Waals surface area (Å²) < 4.78 is 24.3. The Morgan fingerprint density at radius 2 is 2.10 bits per heavy atom. The summed E-state index contributed by atoms with van der Waals surface area (Å²) in [7, 11) is -1.58. The molecule has 1 aromatic carbocycles. The summed E-state index contributed by atoms with van der Waals surface area (Å²) in [6, 6.07) is 7.64. The summed E-state index contributed by atoms with van der Waals surface area (Å²) in [6.07, 6.45) is 3.73. The highest BCUT2D eigenvalue weighted by molar-refractivity contribution is 7.90. The van der Waals surface area contributed by atoms with Crippen molar-refractivity contribution in [2.45, 2.75) is 25.3 Å². The third-order valence-corrected chi connectivity index (χ3v) is 4.11. The Hall–Kier alpha value is -1.31. The molecule has 0 aliphatic carbocycles. The molecule has 0 bridgehead atoms. The molecule has 2 rings (SSSR count). The molecule has 0 spiro atoms. The zero-order valence-electron chi connectivity index (χ0n) is 11.7. The Morgan fingerprint density at radius 1 is 1.35 bits per heavy atom. The lowest BCUT2D eigenvalue weighted by Crippen LogP contribution is -2.40. The van der Waals surface area contributed by atoms with Crippen LogP contribution in [0.25, 0.3) is 0 Å². The van der Waals surface area contributed by atoms with Gasteiger partial charge in [-0.3, -0.25) is 4.72 Å². The van der Waals surface area contributed by atoms with E-state index in [9.17, 15) is 8.42 Å².